The predicted molar refractivity (Wildman–Crippen MR) is 72.2 cm³/mol. The van der Waals surface area contributed by atoms with Gasteiger partial charge in [0.05, 0.1) is 18.5 Å². The summed E-state index contributed by atoms with van der Waals surface area (Å²) in [6.07, 6.45) is 1.56. The van der Waals surface area contributed by atoms with E-state index < -0.39 is 5.95 Å². The Bertz CT molecular complexity index is 589. The van der Waals surface area contributed by atoms with Crippen LogP contribution < -0.4 is 11.1 Å². The summed E-state index contributed by atoms with van der Waals surface area (Å²) in [5.41, 5.74) is 8.38. The molecule has 0 unspecified atom stereocenters. The molecule has 0 atom stereocenters. The van der Waals surface area contributed by atoms with E-state index in [0.717, 1.165) is 11.3 Å². The number of hydrogen-bond donors (Lipinski definition) is 3. The van der Waals surface area contributed by atoms with Crippen LogP contribution in [0.5, 0.6) is 0 Å². The van der Waals surface area contributed by atoms with E-state index in [9.17, 15) is 4.39 Å². The predicted octanol–water partition coefficient (Wildman–Crippen LogP) is 1.58. The van der Waals surface area contributed by atoms with E-state index in [1.54, 1.807) is 18.3 Å². The first kappa shape index (κ1) is 13.2. The maximum atomic E-state index is 13.5. The lowest BCUT2D eigenvalue weighted by Crippen LogP contribution is -2.07. The highest BCUT2D eigenvalue weighted by Crippen LogP contribution is 2.26. The first-order valence-electron chi connectivity index (χ1n) is 5.85. The zero-order valence-electron chi connectivity index (χ0n) is 10.5. The molecule has 0 fully saturated rings. The van der Waals surface area contributed by atoms with Crippen LogP contribution in [0.4, 0.5) is 15.9 Å². The van der Waals surface area contributed by atoms with E-state index in [1.807, 2.05) is 6.92 Å². The number of aliphatic hydroxyl groups is 1. The first-order valence-corrected chi connectivity index (χ1v) is 5.85. The van der Waals surface area contributed by atoms with Gasteiger partial charge >= 0.3 is 0 Å². The molecule has 0 aromatic carbocycles. The van der Waals surface area contributed by atoms with Gasteiger partial charge in [0.2, 0.25) is 5.95 Å². The molecule has 4 N–H and O–H groups in total. The molecule has 0 aliphatic rings. The minimum atomic E-state index is -0.597. The Kier molecular flexibility index (Phi) is 3.91. The molecular formula is C13H15FN4O. The fourth-order valence-electron chi connectivity index (χ4n) is 1.77. The molecule has 0 radical (unpaired) electrons. The average molecular weight is 262 g/mol. The molecule has 2 aromatic heterocycles. The number of anilines is 2. The number of pyridine rings is 2. The number of rotatable bonds is 4. The normalized spacial score (nSPS) is 10.5. The molecule has 0 saturated heterocycles. The molecule has 2 aromatic rings. The third-order valence-corrected chi connectivity index (χ3v) is 2.63. The highest BCUT2D eigenvalue weighted by atomic mass is 19.1. The molecule has 0 spiro atoms. The van der Waals surface area contributed by atoms with Crippen molar-refractivity contribution in [2.45, 2.75) is 6.92 Å². The summed E-state index contributed by atoms with van der Waals surface area (Å²) in [6.45, 7) is 2.09. The van der Waals surface area contributed by atoms with E-state index in [2.05, 4.69) is 15.3 Å². The van der Waals surface area contributed by atoms with Gasteiger partial charge in [0.1, 0.15) is 5.82 Å². The monoisotopic (exact) mass is 262 g/mol. The zero-order valence-corrected chi connectivity index (χ0v) is 10.5. The van der Waals surface area contributed by atoms with Crippen molar-refractivity contribution >= 4 is 11.5 Å². The Labute approximate surface area is 110 Å². The molecule has 5 nitrogen and oxygen atoms in total. The number of aromatic nitrogens is 2. The summed E-state index contributed by atoms with van der Waals surface area (Å²) in [6, 6.07) is 4.77. The standard InChI is InChI=1S/C13H15FN4O/c1-8-11(6-10(15)7-17-8)9-4-12(14)18-13(5-9)16-2-3-19/h4-7,19H,2-3,15H2,1H3,(H,16,18). The Morgan fingerprint density at radius 3 is 2.89 bits per heavy atom. The number of nitrogens with zero attached hydrogens (tertiary/aromatic N) is 2. The molecule has 0 bridgehead atoms. The van der Waals surface area contributed by atoms with Crippen molar-refractivity contribution in [3.8, 4) is 11.1 Å². The lowest BCUT2D eigenvalue weighted by atomic mass is 10.1. The molecule has 0 amide bonds. The lowest BCUT2D eigenvalue weighted by molar-refractivity contribution is 0.311. The van der Waals surface area contributed by atoms with Gasteiger partial charge in [-0.2, -0.15) is 4.39 Å². The molecule has 0 saturated carbocycles. The minimum Gasteiger partial charge on any atom is -0.397 e. The summed E-state index contributed by atoms with van der Waals surface area (Å²) in [7, 11) is 0. The number of aliphatic hydroxyl groups excluding tert-OH is 1. The first-order chi connectivity index (χ1) is 9.10. The molecule has 0 aliphatic carbocycles. The molecule has 6 heteroatoms. The van der Waals surface area contributed by atoms with Crippen LogP contribution in [-0.2, 0) is 0 Å². The fourth-order valence-corrected chi connectivity index (χ4v) is 1.77. The van der Waals surface area contributed by atoms with E-state index in [4.69, 9.17) is 10.8 Å². The van der Waals surface area contributed by atoms with Gasteiger partial charge in [0.15, 0.2) is 0 Å². The van der Waals surface area contributed by atoms with Gasteiger partial charge in [-0.3, -0.25) is 4.98 Å². The quantitative estimate of drug-likeness (QED) is 0.728. The van der Waals surface area contributed by atoms with Gasteiger partial charge in [-0.05, 0) is 24.6 Å². The van der Waals surface area contributed by atoms with E-state index in [-0.39, 0.29) is 6.61 Å². The molecule has 100 valence electrons. The van der Waals surface area contributed by atoms with Crippen molar-refractivity contribution in [2.24, 2.45) is 0 Å². The summed E-state index contributed by atoms with van der Waals surface area (Å²) < 4.78 is 13.5. The summed E-state index contributed by atoms with van der Waals surface area (Å²) in [5, 5.41) is 11.6. The number of aryl methyl sites for hydroxylation is 1. The average Bonchev–Trinajstić information content (AvgIpc) is 2.38. The van der Waals surface area contributed by atoms with Gasteiger partial charge in [-0.25, -0.2) is 4.98 Å². The van der Waals surface area contributed by atoms with Crippen LogP contribution in [0.3, 0.4) is 0 Å². The second-order valence-electron chi connectivity index (χ2n) is 4.12. The Morgan fingerprint density at radius 2 is 2.16 bits per heavy atom. The van der Waals surface area contributed by atoms with E-state index in [0.29, 0.717) is 23.6 Å². The van der Waals surface area contributed by atoms with Crippen LogP contribution in [0.2, 0.25) is 0 Å². The van der Waals surface area contributed by atoms with Gasteiger partial charge in [-0.15, -0.1) is 0 Å². The maximum absolute atomic E-state index is 13.5. The third kappa shape index (κ3) is 3.17. The number of hydrogen-bond acceptors (Lipinski definition) is 5. The van der Waals surface area contributed by atoms with Crippen molar-refractivity contribution < 1.29 is 9.50 Å². The largest absolute Gasteiger partial charge is 0.397 e. The van der Waals surface area contributed by atoms with Crippen LogP contribution in [0, 0.1) is 12.9 Å². The van der Waals surface area contributed by atoms with Gasteiger partial charge in [0.25, 0.3) is 0 Å². The van der Waals surface area contributed by atoms with Crippen LogP contribution in [-0.4, -0.2) is 28.2 Å². The van der Waals surface area contributed by atoms with Crippen molar-refractivity contribution in [2.75, 3.05) is 24.2 Å². The molecule has 19 heavy (non-hydrogen) atoms. The summed E-state index contributed by atoms with van der Waals surface area (Å²) in [4.78, 5) is 7.86. The number of halogens is 1. The van der Waals surface area contributed by atoms with Crippen LogP contribution >= 0.6 is 0 Å². The van der Waals surface area contributed by atoms with Crippen LogP contribution in [0.15, 0.2) is 24.4 Å². The van der Waals surface area contributed by atoms with E-state index in [1.165, 1.54) is 6.07 Å². The van der Waals surface area contributed by atoms with Gasteiger partial charge < -0.3 is 16.2 Å². The summed E-state index contributed by atoms with van der Waals surface area (Å²) in [5.74, 6) is -0.231. The van der Waals surface area contributed by atoms with Gasteiger partial charge in [-0.1, -0.05) is 0 Å². The Balaban J connectivity index is 2.43. The topological polar surface area (TPSA) is 84.1 Å². The fraction of sp³-hybridized carbons (Fsp3) is 0.231. The smallest absolute Gasteiger partial charge is 0.215 e. The van der Waals surface area contributed by atoms with E-state index >= 15 is 0 Å². The number of nitrogen functional groups attached to an aromatic ring is 1. The molecule has 2 heterocycles. The SMILES string of the molecule is Cc1ncc(N)cc1-c1cc(F)nc(NCCO)c1. The third-order valence-electron chi connectivity index (χ3n) is 2.63. The molecular weight excluding hydrogens is 247 g/mol. The van der Waals surface area contributed by atoms with Crippen LogP contribution in [0.1, 0.15) is 5.69 Å². The van der Waals surface area contributed by atoms with Crippen molar-refractivity contribution in [1.82, 2.24) is 9.97 Å². The Hall–Kier alpha value is -2.21. The highest BCUT2D eigenvalue weighted by molar-refractivity contribution is 5.71. The van der Waals surface area contributed by atoms with Gasteiger partial charge in [0, 0.05) is 23.9 Å². The van der Waals surface area contributed by atoms with Crippen molar-refractivity contribution in [3.05, 3.63) is 36.0 Å². The molecule has 2 rings (SSSR count). The van der Waals surface area contributed by atoms with Crippen molar-refractivity contribution in [1.29, 1.82) is 0 Å². The number of nitrogens with two attached hydrogens (primary N) is 1. The second-order valence-corrected chi connectivity index (χ2v) is 4.12. The van der Waals surface area contributed by atoms with Crippen molar-refractivity contribution in [3.63, 3.8) is 0 Å². The van der Waals surface area contributed by atoms with Crippen LogP contribution in [0.25, 0.3) is 11.1 Å². The minimum absolute atomic E-state index is 0.0492. The Morgan fingerprint density at radius 1 is 1.37 bits per heavy atom. The lowest BCUT2D eigenvalue weighted by Gasteiger charge is -2.09. The second kappa shape index (κ2) is 5.62. The summed E-state index contributed by atoms with van der Waals surface area (Å²) >= 11 is 0. The maximum Gasteiger partial charge on any atom is 0.215 e. The zero-order chi connectivity index (χ0) is 13.8. The highest BCUT2D eigenvalue weighted by Gasteiger charge is 2.08. The molecule has 0 aliphatic heterocycles. The number of nitrogens with one attached hydrogen (secondary N) is 1.